The molecule has 0 saturated heterocycles. The zero-order valence-electron chi connectivity index (χ0n) is 10.4. The zero-order valence-corrected chi connectivity index (χ0v) is 11.2. The highest BCUT2D eigenvalue weighted by atomic mass is 32.2. The minimum atomic E-state index is 0.0256. The molecule has 1 amide bonds. The Morgan fingerprint density at radius 1 is 1.44 bits per heavy atom. The van der Waals surface area contributed by atoms with E-state index in [1.54, 1.807) is 11.8 Å². The summed E-state index contributed by atoms with van der Waals surface area (Å²) in [6.45, 7) is 2.51. The third-order valence-electron chi connectivity index (χ3n) is 3.52. The van der Waals surface area contributed by atoms with E-state index in [9.17, 15) is 4.79 Å². The standard InChI is InChI=1S/C12H24N2OS/c1-9(16-2)12(15)14-11(8-13)10-6-4-3-5-7-10/h9-11H,3-8,13H2,1-2H3,(H,14,15). The SMILES string of the molecule is CSC(C)C(=O)NC(CN)C1CCCCC1. The first kappa shape index (κ1) is 13.8. The number of carbonyl (C=O) groups is 1. The fourth-order valence-corrected chi connectivity index (χ4v) is 2.59. The van der Waals surface area contributed by atoms with Gasteiger partial charge in [0.15, 0.2) is 0 Å². The first-order valence-corrected chi connectivity index (χ1v) is 7.51. The van der Waals surface area contributed by atoms with Crippen LogP contribution in [0.2, 0.25) is 0 Å². The first-order valence-electron chi connectivity index (χ1n) is 6.22. The number of nitrogens with two attached hydrogens (primary N) is 1. The Morgan fingerprint density at radius 2 is 2.06 bits per heavy atom. The van der Waals surface area contributed by atoms with E-state index >= 15 is 0 Å². The number of carbonyl (C=O) groups excluding carboxylic acids is 1. The van der Waals surface area contributed by atoms with Crippen LogP contribution in [0.25, 0.3) is 0 Å². The highest BCUT2D eigenvalue weighted by Crippen LogP contribution is 2.26. The van der Waals surface area contributed by atoms with E-state index in [0.29, 0.717) is 12.5 Å². The highest BCUT2D eigenvalue weighted by molar-refractivity contribution is 7.99. The summed E-state index contributed by atoms with van der Waals surface area (Å²) in [6.07, 6.45) is 8.31. The summed E-state index contributed by atoms with van der Waals surface area (Å²) in [5.74, 6) is 0.727. The molecule has 0 aromatic heterocycles. The quantitative estimate of drug-likeness (QED) is 0.775. The Kier molecular flexibility index (Phi) is 6.21. The van der Waals surface area contributed by atoms with Crippen molar-refractivity contribution in [3.05, 3.63) is 0 Å². The fraction of sp³-hybridized carbons (Fsp3) is 0.917. The summed E-state index contributed by atoms with van der Waals surface area (Å²) >= 11 is 1.58. The van der Waals surface area contributed by atoms with Crippen LogP contribution in [0.1, 0.15) is 39.0 Å². The number of thioether (sulfide) groups is 1. The van der Waals surface area contributed by atoms with E-state index < -0.39 is 0 Å². The molecule has 3 nitrogen and oxygen atoms in total. The van der Waals surface area contributed by atoms with Crippen molar-refractivity contribution in [3.63, 3.8) is 0 Å². The lowest BCUT2D eigenvalue weighted by atomic mass is 9.84. The third kappa shape index (κ3) is 3.98. The fourth-order valence-electron chi connectivity index (χ4n) is 2.31. The molecule has 0 aromatic carbocycles. The topological polar surface area (TPSA) is 55.1 Å². The van der Waals surface area contributed by atoms with Crippen molar-refractivity contribution in [2.24, 2.45) is 11.7 Å². The van der Waals surface area contributed by atoms with Gasteiger partial charge in [-0.15, -0.1) is 0 Å². The Hall–Kier alpha value is -0.220. The molecule has 16 heavy (non-hydrogen) atoms. The molecule has 1 saturated carbocycles. The Balaban J connectivity index is 2.44. The van der Waals surface area contributed by atoms with Crippen LogP contribution in [0.3, 0.4) is 0 Å². The molecule has 3 N–H and O–H groups in total. The van der Waals surface area contributed by atoms with Crippen molar-refractivity contribution in [1.82, 2.24) is 5.32 Å². The zero-order chi connectivity index (χ0) is 12.0. The van der Waals surface area contributed by atoms with Gasteiger partial charge in [0.05, 0.1) is 5.25 Å². The van der Waals surface area contributed by atoms with Gasteiger partial charge in [0, 0.05) is 12.6 Å². The second-order valence-corrected chi connectivity index (χ2v) is 5.81. The molecular weight excluding hydrogens is 220 g/mol. The van der Waals surface area contributed by atoms with Crippen LogP contribution in [0.4, 0.5) is 0 Å². The van der Waals surface area contributed by atoms with E-state index in [2.05, 4.69) is 5.32 Å². The van der Waals surface area contributed by atoms with E-state index in [-0.39, 0.29) is 17.2 Å². The molecule has 1 aliphatic carbocycles. The second-order valence-electron chi connectivity index (χ2n) is 4.63. The molecule has 4 heteroatoms. The van der Waals surface area contributed by atoms with Gasteiger partial charge in [-0.25, -0.2) is 0 Å². The van der Waals surface area contributed by atoms with E-state index in [1.807, 2.05) is 13.2 Å². The van der Waals surface area contributed by atoms with Crippen LogP contribution < -0.4 is 11.1 Å². The molecule has 0 bridgehead atoms. The third-order valence-corrected chi connectivity index (χ3v) is 4.44. The van der Waals surface area contributed by atoms with Gasteiger partial charge in [0.25, 0.3) is 0 Å². The summed E-state index contributed by atoms with van der Waals surface area (Å²) in [7, 11) is 0. The molecule has 94 valence electrons. The van der Waals surface area contributed by atoms with Crippen molar-refractivity contribution in [2.45, 2.75) is 50.3 Å². The van der Waals surface area contributed by atoms with Gasteiger partial charge < -0.3 is 11.1 Å². The molecule has 2 unspecified atom stereocenters. The molecule has 1 rings (SSSR count). The van der Waals surface area contributed by atoms with E-state index in [4.69, 9.17) is 5.73 Å². The average Bonchev–Trinajstić information content (AvgIpc) is 2.35. The summed E-state index contributed by atoms with van der Waals surface area (Å²) in [6, 6.07) is 0.183. The maximum atomic E-state index is 11.8. The molecule has 0 aliphatic heterocycles. The summed E-state index contributed by atoms with van der Waals surface area (Å²) in [5.41, 5.74) is 5.77. The first-order chi connectivity index (χ1) is 7.69. The van der Waals surface area contributed by atoms with Gasteiger partial charge in [0.1, 0.15) is 0 Å². The lowest BCUT2D eigenvalue weighted by Crippen LogP contribution is -2.48. The summed E-state index contributed by atoms with van der Waals surface area (Å²) in [5, 5.41) is 3.13. The van der Waals surface area contributed by atoms with Crippen LogP contribution in [0.5, 0.6) is 0 Å². The Morgan fingerprint density at radius 3 is 2.56 bits per heavy atom. The van der Waals surface area contributed by atoms with E-state index in [1.165, 1.54) is 32.1 Å². The lowest BCUT2D eigenvalue weighted by molar-refractivity contribution is -0.121. The minimum Gasteiger partial charge on any atom is -0.351 e. The van der Waals surface area contributed by atoms with Crippen molar-refractivity contribution >= 4 is 17.7 Å². The number of nitrogens with one attached hydrogen (secondary N) is 1. The van der Waals surface area contributed by atoms with Gasteiger partial charge >= 0.3 is 0 Å². The number of amides is 1. The smallest absolute Gasteiger partial charge is 0.233 e. The van der Waals surface area contributed by atoms with Gasteiger partial charge in [0.2, 0.25) is 5.91 Å². The summed E-state index contributed by atoms with van der Waals surface area (Å²) < 4.78 is 0. The molecule has 1 aliphatic rings. The van der Waals surface area contributed by atoms with Gasteiger partial charge in [-0.3, -0.25) is 4.79 Å². The van der Waals surface area contributed by atoms with Gasteiger partial charge in [-0.2, -0.15) is 11.8 Å². The van der Waals surface area contributed by atoms with E-state index in [0.717, 1.165) is 0 Å². The van der Waals surface area contributed by atoms with Crippen LogP contribution >= 0.6 is 11.8 Å². The number of rotatable bonds is 5. The molecule has 0 spiro atoms. The van der Waals surface area contributed by atoms with Crippen molar-refractivity contribution in [3.8, 4) is 0 Å². The van der Waals surface area contributed by atoms with Crippen LogP contribution in [0.15, 0.2) is 0 Å². The average molecular weight is 244 g/mol. The molecule has 2 atom stereocenters. The van der Waals surface area contributed by atoms with Gasteiger partial charge in [-0.1, -0.05) is 19.3 Å². The molecule has 0 aromatic rings. The second kappa shape index (κ2) is 7.17. The maximum Gasteiger partial charge on any atom is 0.233 e. The minimum absolute atomic E-state index is 0.0256. The van der Waals surface area contributed by atoms with Gasteiger partial charge in [-0.05, 0) is 31.9 Å². The predicted octanol–water partition coefficient (Wildman–Crippen LogP) is 1.76. The largest absolute Gasteiger partial charge is 0.351 e. The summed E-state index contributed by atoms with van der Waals surface area (Å²) in [4.78, 5) is 11.8. The predicted molar refractivity (Wildman–Crippen MR) is 70.5 cm³/mol. The number of hydrogen-bond donors (Lipinski definition) is 2. The Bertz CT molecular complexity index is 217. The van der Waals surface area contributed by atoms with Crippen LogP contribution in [-0.4, -0.2) is 30.0 Å². The molecule has 0 heterocycles. The van der Waals surface area contributed by atoms with Crippen molar-refractivity contribution < 1.29 is 4.79 Å². The van der Waals surface area contributed by atoms with Crippen LogP contribution in [0, 0.1) is 5.92 Å². The molecular formula is C12H24N2OS. The Labute approximate surface area is 103 Å². The van der Waals surface area contributed by atoms with Crippen LogP contribution in [-0.2, 0) is 4.79 Å². The molecule has 1 fully saturated rings. The highest BCUT2D eigenvalue weighted by Gasteiger charge is 2.25. The van der Waals surface area contributed by atoms with Crippen molar-refractivity contribution in [1.29, 1.82) is 0 Å². The monoisotopic (exact) mass is 244 g/mol. The lowest BCUT2D eigenvalue weighted by Gasteiger charge is -2.30. The number of hydrogen-bond acceptors (Lipinski definition) is 3. The van der Waals surface area contributed by atoms with Crippen molar-refractivity contribution in [2.75, 3.05) is 12.8 Å². The maximum absolute atomic E-state index is 11.8. The normalized spacial score (nSPS) is 21.4. The molecule has 0 radical (unpaired) electrons.